The van der Waals surface area contributed by atoms with E-state index >= 15 is 0 Å². The van der Waals surface area contributed by atoms with Crippen LogP contribution in [0.4, 0.5) is 0 Å². The molecule has 0 saturated carbocycles. The summed E-state index contributed by atoms with van der Waals surface area (Å²) < 4.78 is 4.72. The van der Waals surface area contributed by atoms with E-state index in [0.717, 1.165) is 4.90 Å². The molecule has 7 heteroatoms. The summed E-state index contributed by atoms with van der Waals surface area (Å²) in [5.74, 6) is -1.81. The van der Waals surface area contributed by atoms with Gasteiger partial charge in [0.1, 0.15) is 6.04 Å². The number of imide groups is 1. The number of amides is 3. The predicted octanol–water partition coefficient (Wildman–Crippen LogP) is 1.38. The van der Waals surface area contributed by atoms with Crippen molar-refractivity contribution in [3.05, 3.63) is 35.4 Å². The van der Waals surface area contributed by atoms with Crippen molar-refractivity contribution in [1.82, 2.24) is 10.2 Å². The summed E-state index contributed by atoms with van der Waals surface area (Å²) in [5, 5.41) is 2.63. The number of benzene rings is 1. The maximum Gasteiger partial charge on any atom is 0.328 e. The summed E-state index contributed by atoms with van der Waals surface area (Å²) in [6.07, 6.45) is 0.619. The van der Waals surface area contributed by atoms with E-state index in [9.17, 15) is 19.2 Å². The van der Waals surface area contributed by atoms with Crippen LogP contribution in [0.5, 0.6) is 0 Å². The summed E-state index contributed by atoms with van der Waals surface area (Å²) in [5.41, 5.74) is 0.694. The Balaban J connectivity index is 1.97. The largest absolute Gasteiger partial charge is 0.467 e. The van der Waals surface area contributed by atoms with E-state index in [0.29, 0.717) is 17.5 Å². The minimum absolute atomic E-state index is 0.0351. The van der Waals surface area contributed by atoms with Crippen molar-refractivity contribution in [2.75, 3.05) is 13.7 Å². The van der Waals surface area contributed by atoms with E-state index < -0.39 is 29.7 Å². The zero-order valence-corrected chi connectivity index (χ0v) is 14.6. The van der Waals surface area contributed by atoms with Crippen molar-refractivity contribution in [2.45, 2.75) is 32.7 Å². The standard InChI is InChI=1S/C18H22N2O5/c1-4-11(2)15(18(24)25-3)19-14(21)9-10-20-16(22)12-7-5-6-8-13(12)17(20)23/h5-8,11,15H,4,9-10H2,1-3H3,(H,19,21)/t11-,15-/m0/s1. The molecule has 0 saturated heterocycles. The van der Waals surface area contributed by atoms with E-state index in [1.54, 1.807) is 24.3 Å². The zero-order valence-electron chi connectivity index (χ0n) is 14.6. The Bertz CT molecular complexity index is 665. The normalized spacial score (nSPS) is 15.6. The topological polar surface area (TPSA) is 92.8 Å². The van der Waals surface area contributed by atoms with Gasteiger partial charge in [0, 0.05) is 13.0 Å². The first-order chi connectivity index (χ1) is 11.9. The molecule has 1 heterocycles. The van der Waals surface area contributed by atoms with Gasteiger partial charge < -0.3 is 10.1 Å². The Morgan fingerprint density at radius 3 is 2.20 bits per heavy atom. The summed E-state index contributed by atoms with van der Waals surface area (Å²) in [7, 11) is 1.27. The molecule has 7 nitrogen and oxygen atoms in total. The second-order valence-corrected chi connectivity index (χ2v) is 6.01. The number of rotatable bonds is 7. The first-order valence-corrected chi connectivity index (χ1v) is 8.23. The van der Waals surface area contributed by atoms with Gasteiger partial charge in [-0.15, -0.1) is 0 Å². The lowest BCUT2D eigenvalue weighted by Gasteiger charge is -2.22. The number of nitrogens with zero attached hydrogens (tertiary/aromatic N) is 1. The molecule has 134 valence electrons. The van der Waals surface area contributed by atoms with Gasteiger partial charge in [-0.25, -0.2) is 4.79 Å². The van der Waals surface area contributed by atoms with Crippen LogP contribution in [-0.4, -0.2) is 48.3 Å². The molecule has 1 N–H and O–H groups in total. The van der Waals surface area contributed by atoms with Gasteiger partial charge in [-0.05, 0) is 18.1 Å². The van der Waals surface area contributed by atoms with E-state index in [4.69, 9.17) is 4.74 Å². The van der Waals surface area contributed by atoms with Gasteiger partial charge in [0.2, 0.25) is 5.91 Å². The second kappa shape index (κ2) is 7.92. The molecular formula is C18H22N2O5. The molecule has 1 aromatic carbocycles. The first-order valence-electron chi connectivity index (χ1n) is 8.23. The van der Waals surface area contributed by atoms with Gasteiger partial charge in [-0.1, -0.05) is 32.4 Å². The van der Waals surface area contributed by atoms with Crippen LogP contribution in [0.3, 0.4) is 0 Å². The lowest BCUT2D eigenvalue weighted by atomic mass is 9.99. The van der Waals surface area contributed by atoms with Crippen molar-refractivity contribution in [2.24, 2.45) is 5.92 Å². The smallest absolute Gasteiger partial charge is 0.328 e. The summed E-state index contributed by atoms with van der Waals surface area (Å²) >= 11 is 0. The predicted molar refractivity (Wildman–Crippen MR) is 89.8 cm³/mol. The molecule has 3 amide bonds. The molecule has 2 rings (SSSR count). The Morgan fingerprint density at radius 2 is 1.72 bits per heavy atom. The quantitative estimate of drug-likeness (QED) is 0.595. The molecule has 0 fully saturated rings. The van der Waals surface area contributed by atoms with Crippen molar-refractivity contribution in [3.8, 4) is 0 Å². The number of carbonyl (C=O) groups excluding carboxylic acids is 4. The third-order valence-corrected chi connectivity index (χ3v) is 4.43. The Hall–Kier alpha value is -2.70. The fourth-order valence-corrected chi connectivity index (χ4v) is 2.70. The molecule has 0 aliphatic carbocycles. The molecule has 0 spiro atoms. The van der Waals surface area contributed by atoms with Crippen LogP contribution in [-0.2, 0) is 14.3 Å². The van der Waals surface area contributed by atoms with Crippen molar-refractivity contribution in [3.63, 3.8) is 0 Å². The maximum atomic E-state index is 12.3. The fourth-order valence-electron chi connectivity index (χ4n) is 2.70. The minimum Gasteiger partial charge on any atom is -0.467 e. The van der Waals surface area contributed by atoms with Crippen molar-refractivity contribution in [1.29, 1.82) is 0 Å². The molecule has 0 aromatic heterocycles. The Morgan fingerprint density at radius 1 is 1.16 bits per heavy atom. The van der Waals surface area contributed by atoms with Crippen LogP contribution in [0.15, 0.2) is 24.3 Å². The molecule has 1 aliphatic heterocycles. The van der Waals surface area contributed by atoms with Crippen LogP contribution in [0, 0.1) is 5.92 Å². The number of nitrogens with one attached hydrogen (secondary N) is 1. The number of fused-ring (bicyclic) bond motifs is 1. The molecule has 0 unspecified atom stereocenters. The molecule has 0 bridgehead atoms. The van der Waals surface area contributed by atoms with E-state index in [-0.39, 0.29) is 18.9 Å². The lowest BCUT2D eigenvalue weighted by molar-refractivity contribution is -0.146. The molecule has 1 aromatic rings. The monoisotopic (exact) mass is 346 g/mol. The lowest BCUT2D eigenvalue weighted by Crippen LogP contribution is -2.46. The number of hydrogen-bond acceptors (Lipinski definition) is 5. The SMILES string of the molecule is CC[C@H](C)[C@H](NC(=O)CCN1C(=O)c2ccccc2C1=O)C(=O)OC. The highest BCUT2D eigenvalue weighted by Crippen LogP contribution is 2.22. The number of carbonyl (C=O) groups is 4. The average molecular weight is 346 g/mol. The van der Waals surface area contributed by atoms with Crippen molar-refractivity contribution >= 4 is 23.7 Å². The number of methoxy groups -OCH3 is 1. The van der Waals surface area contributed by atoms with Crippen LogP contribution in [0.25, 0.3) is 0 Å². The molecule has 2 atom stereocenters. The fraction of sp³-hybridized carbons (Fsp3) is 0.444. The number of ether oxygens (including phenoxy) is 1. The highest BCUT2D eigenvalue weighted by molar-refractivity contribution is 6.21. The molecule has 1 aliphatic rings. The summed E-state index contributed by atoms with van der Waals surface area (Å²) in [4.78, 5) is 49.5. The van der Waals surface area contributed by atoms with E-state index in [1.807, 2.05) is 13.8 Å². The van der Waals surface area contributed by atoms with Gasteiger partial charge >= 0.3 is 5.97 Å². The van der Waals surface area contributed by atoms with Crippen molar-refractivity contribution < 1.29 is 23.9 Å². The molecule has 25 heavy (non-hydrogen) atoms. The minimum atomic E-state index is -0.746. The van der Waals surface area contributed by atoms with E-state index in [1.165, 1.54) is 7.11 Å². The van der Waals surface area contributed by atoms with Crippen LogP contribution in [0.2, 0.25) is 0 Å². The third-order valence-electron chi connectivity index (χ3n) is 4.43. The Labute approximate surface area is 146 Å². The second-order valence-electron chi connectivity index (χ2n) is 6.01. The average Bonchev–Trinajstić information content (AvgIpc) is 2.87. The van der Waals surface area contributed by atoms with Gasteiger partial charge in [-0.3, -0.25) is 19.3 Å². The maximum absolute atomic E-state index is 12.3. The summed E-state index contributed by atoms with van der Waals surface area (Å²) in [6.45, 7) is 3.71. The highest BCUT2D eigenvalue weighted by Gasteiger charge is 2.35. The number of esters is 1. The third kappa shape index (κ3) is 3.87. The van der Waals surface area contributed by atoms with Gasteiger partial charge in [0.25, 0.3) is 11.8 Å². The van der Waals surface area contributed by atoms with Gasteiger partial charge in [0.05, 0.1) is 18.2 Å². The summed E-state index contributed by atoms with van der Waals surface area (Å²) in [6, 6.07) is 5.81. The molecular weight excluding hydrogens is 324 g/mol. The van der Waals surface area contributed by atoms with Gasteiger partial charge in [0.15, 0.2) is 0 Å². The number of hydrogen-bond donors (Lipinski definition) is 1. The van der Waals surface area contributed by atoms with Crippen LogP contribution in [0.1, 0.15) is 47.4 Å². The van der Waals surface area contributed by atoms with Gasteiger partial charge in [-0.2, -0.15) is 0 Å². The highest BCUT2D eigenvalue weighted by atomic mass is 16.5. The first kappa shape index (κ1) is 18.6. The van der Waals surface area contributed by atoms with Crippen LogP contribution >= 0.6 is 0 Å². The Kier molecular flexibility index (Phi) is 5.90. The molecule has 0 radical (unpaired) electrons. The zero-order chi connectivity index (χ0) is 18.6. The van der Waals surface area contributed by atoms with E-state index in [2.05, 4.69) is 5.32 Å². The van der Waals surface area contributed by atoms with Crippen LogP contribution < -0.4 is 5.32 Å².